The summed E-state index contributed by atoms with van der Waals surface area (Å²) >= 11 is 0. The smallest absolute Gasteiger partial charge is 0.255 e. The molecule has 3 aromatic carbocycles. The van der Waals surface area contributed by atoms with Gasteiger partial charge in [0.25, 0.3) is 5.91 Å². The van der Waals surface area contributed by atoms with Crippen LogP contribution in [-0.4, -0.2) is 25.7 Å². The third-order valence-electron chi connectivity index (χ3n) is 5.22. The summed E-state index contributed by atoms with van der Waals surface area (Å²) in [6, 6.07) is 23.1. The van der Waals surface area contributed by atoms with Gasteiger partial charge in [-0.15, -0.1) is 10.2 Å². The van der Waals surface area contributed by atoms with E-state index in [9.17, 15) is 4.79 Å². The Morgan fingerprint density at radius 3 is 2.47 bits per heavy atom. The minimum absolute atomic E-state index is 0.142. The molecule has 0 saturated carbocycles. The van der Waals surface area contributed by atoms with Crippen LogP contribution in [-0.2, 0) is 0 Å². The highest BCUT2D eigenvalue weighted by Gasteiger charge is 2.15. The van der Waals surface area contributed by atoms with Crippen molar-refractivity contribution in [3.8, 4) is 11.4 Å². The lowest BCUT2D eigenvalue weighted by Crippen LogP contribution is -2.13. The topological polar surface area (TPSA) is 72.2 Å². The Labute approximate surface area is 173 Å². The van der Waals surface area contributed by atoms with Crippen molar-refractivity contribution >= 4 is 28.0 Å². The average molecular weight is 393 g/mol. The van der Waals surface area contributed by atoms with Gasteiger partial charge in [0.15, 0.2) is 11.5 Å². The largest absolute Gasteiger partial charge is 0.322 e. The van der Waals surface area contributed by atoms with Crippen LogP contribution in [0.4, 0.5) is 5.69 Å². The highest BCUT2D eigenvalue weighted by molar-refractivity contribution is 6.05. The molecular formula is C24H19N5O. The van der Waals surface area contributed by atoms with Crippen molar-refractivity contribution in [1.29, 1.82) is 0 Å². The first-order chi connectivity index (χ1) is 14.6. The second-order valence-corrected chi connectivity index (χ2v) is 7.24. The first-order valence-corrected chi connectivity index (χ1v) is 9.70. The number of anilines is 1. The van der Waals surface area contributed by atoms with Crippen molar-refractivity contribution in [2.45, 2.75) is 13.8 Å². The van der Waals surface area contributed by atoms with Crippen molar-refractivity contribution in [2.75, 3.05) is 5.32 Å². The lowest BCUT2D eigenvalue weighted by atomic mass is 10.1. The third-order valence-corrected chi connectivity index (χ3v) is 5.22. The molecule has 6 nitrogen and oxygen atoms in total. The minimum atomic E-state index is -0.142. The molecule has 30 heavy (non-hydrogen) atoms. The van der Waals surface area contributed by atoms with Crippen LogP contribution in [0.2, 0.25) is 0 Å². The van der Waals surface area contributed by atoms with Crippen LogP contribution >= 0.6 is 0 Å². The van der Waals surface area contributed by atoms with Crippen molar-refractivity contribution in [1.82, 2.24) is 19.8 Å². The van der Waals surface area contributed by atoms with Crippen LogP contribution in [0.1, 0.15) is 21.6 Å². The molecule has 1 amide bonds. The highest BCUT2D eigenvalue weighted by atomic mass is 16.1. The molecule has 0 aliphatic carbocycles. The van der Waals surface area contributed by atoms with Crippen molar-refractivity contribution in [3.63, 3.8) is 0 Å². The van der Waals surface area contributed by atoms with Gasteiger partial charge < -0.3 is 5.32 Å². The zero-order valence-electron chi connectivity index (χ0n) is 16.6. The molecule has 2 aromatic heterocycles. The summed E-state index contributed by atoms with van der Waals surface area (Å²) < 4.78 is 1.76. The second-order valence-electron chi connectivity index (χ2n) is 7.24. The van der Waals surface area contributed by atoms with E-state index in [0.717, 1.165) is 27.6 Å². The van der Waals surface area contributed by atoms with Gasteiger partial charge in [0.1, 0.15) is 0 Å². The summed E-state index contributed by atoms with van der Waals surface area (Å²) in [6.45, 7) is 3.90. The number of nitrogens with one attached hydrogen (secondary N) is 1. The number of aromatic nitrogens is 4. The molecule has 5 rings (SSSR count). The van der Waals surface area contributed by atoms with Crippen molar-refractivity contribution in [3.05, 3.63) is 89.6 Å². The standard InChI is InChI=1S/C24H19N5O/c1-15-8-3-4-11-19(15)24(30)25-18-10-7-9-17(14-18)22-26-27-23-21-13-6-5-12-20(21)16(2)28-29(22)23/h3-14H,1-2H3,(H,25,30). The molecular weight excluding hydrogens is 374 g/mol. The quantitative estimate of drug-likeness (QED) is 0.477. The van der Waals surface area contributed by atoms with E-state index in [2.05, 4.69) is 15.5 Å². The number of carbonyl (C=O) groups is 1. The zero-order chi connectivity index (χ0) is 20.7. The number of aryl methyl sites for hydroxylation is 2. The molecule has 0 aliphatic rings. The molecule has 0 unspecified atom stereocenters. The Morgan fingerprint density at radius 2 is 1.63 bits per heavy atom. The predicted molar refractivity (Wildman–Crippen MR) is 118 cm³/mol. The molecule has 0 spiro atoms. The SMILES string of the molecule is Cc1ccccc1C(=O)Nc1cccc(-c2nnc3c4ccccc4c(C)nn23)c1. The normalized spacial score (nSPS) is 11.1. The maximum absolute atomic E-state index is 12.7. The van der Waals surface area contributed by atoms with Gasteiger partial charge in [-0.2, -0.15) is 9.61 Å². The Kier molecular flexibility index (Phi) is 4.25. The summed E-state index contributed by atoms with van der Waals surface area (Å²) in [5, 5.41) is 18.5. The fourth-order valence-electron chi connectivity index (χ4n) is 3.68. The third kappa shape index (κ3) is 2.99. The molecule has 146 valence electrons. The van der Waals surface area contributed by atoms with E-state index < -0.39 is 0 Å². The lowest BCUT2D eigenvalue weighted by molar-refractivity contribution is 0.102. The van der Waals surface area contributed by atoms with E-state index in [4.69, 9.17) is 5.10 Å². The van der Waals surface area contributed by atoms with Gasteiger partial charge >= 0.3 is 0 Å². The molecule has 0 atom stereocenters. The molecule has 6 heteroatoms. The number of nitrogens with zero attached hydrogens (tertiary/aromatic N) is 4. The van der Waals surface area contributed by atoms with Crippen LogP contribution in [0, 0.1) is 13.8 Å². The Morgan fingerprint density at radius 1 is 0.867 bits per heavy atom. The molecule has 0 radical (unpaired) electrons. The van der Waals surface area contributed by atoms with Gasteiger partial charge in [0.2, 0.25) is 0 Å². The van der Waals surface area contributed by atoms with E-state index in [1.807, 2.05) is 86.6 Å². The van der Waals surface area contributed by atoms with Crippen LogP contribution in [0.5, 0.6) is 0 Å². The number of hydrogen-bond acceptors (Lipinski definition) is 4. The highest BCUT2D eigenvalue weighted by Crippen LogP contribution is 2.26. The van der Waals surface area contributed by atoms with E-state index in [1.165, 1.54) is 0 Å². The molecule has 0 fully saturated rings. The maximum Gasteiger partial charge on any atom is 0.255 e. The minimum Gasteiger partial charge on any atom is -0.322 e. The number of amides is 1. The summed E-state index contributed by atoms with van der Waals surface area (Å²) in [7, 11) is 0. The molecule has 1 N–H and O–H groups in total. The predicted octanol–water partition coefficient (Wildman–Crippen LogP) is 4.81. The number of carbonyl (C=O) groups excluding carboxylic acids is 1. The monoisotopic (exact) mass is 393 g/mol. The number of benzene rings is 3. The first kappa shape index (κ1) is 18.0. The lowest BCUT2D eigenvalue weighted by Gasteiger charge is -2.09. The zero-order valence-corrected chi connectivity index (χ0v) is 16.6. The van der Waals surface area contributed by atoms with Crippen LogP contribution in [0.15, 0.2) is 72.8 Å². The van der Waals surface area contributed by atoms with Gasteiger partial charge in [-0.3, -0.25) is 4.79 Å². The summed E-state index contributed by atoms with van der Waals surface area (Å²) in [5.41, 5.74) is 4.71. The van der Waals surface area contributed by atoms with E-state index >= 15 is 0 Å². The van der Waals surface area contributed by atoms with Gasteiger partial charge in [-0.1, -0.05) is 54.6 Å². The van der Waals surface area contributed by atoms with Crippen molar-refractivity contribution < 1.29 is 4.79 Å². The summed E-state index contributed by atoms with van der Waals surface area (Å²) in [4.78, 5) is 12.7. The second kappa shape index (κ2) is 7.08. The van der Waals surface area contributed by atoms with Gasteiger partial charge in [0.05, 0.1) is 5.69 Å². The first-order valence-electron chi connectivity index (χ1n) is 9.70. The maximum atomic E-state index is 12.7. The Hall–Kier alpha value is -4.06. The van der Waals surface area contributed by atoms with Gasteiger partial charge in [-0.05, 0) is 37.6 Å². The number of hydrogen-bond donors (Lipinski definition) is 1. The van der Waals surface area contributed by atoms with E-state index in [-0.39, 0.29) is 5.91 Å². The molecule has 2 heterocycles. The molecule has 5 aromatic rings. The Balaban J connectivity index is 1.55. The van der Waals surface area contributed by atoms with E-state index in [1.54, 1.807) is 4.52 Å². The summed E-state index contributed by atoms with van der Waals surface area (Å²) in [6.07, 6.45) is 0. The van der Waals surface area contributed by atoms with E-state index in [0.29, 0.717) is 22.7 Å². The van der Waals surface area contributed by atoms with Crippen LogP contribution < -0.4 is 5.32 Å². The average Bonchev–Trinajstić information content (AvgIpc) is 3.18. The Bertz CT molecular complexity index is 1420. The van der Waals surface area contributed by atoms with Crippen LogP contribution in [0.3, 0.4) is 0 Å². The number of rotatable bonds is 3. The molecule has 0 aliphatic heterocycles. The fourth-order valence-corrected chi connectivity index (χ4v) is 3.68. The summed E-state index contributed by atoms with van der Waals surface area (Å²) in [5.74, 6) is 0.488. The molecule has 0 saturated heterocycles. The van der Waals surface area contributed by atoms with Gasteiger partial charge in [0, 0.05) is 27.6 Å². The van der Waals surface area contributed by atoms with Crippen LogP contribution in [0.25, 0.3) is 27.8 Å². The fraction of sp³-hybridized carbons (Fsp3) is 0.0833. The molecule has 0 bridgehead atoms. The number of fused-ring (bicyclic) bond motifs is 3. The van der Waals surface area contributed by atoms with Crippen molar-refractivity contribution in [2.24, 2.45) is 0 Å². The van der Waals surface area contributed by atoms with Gasteiger partial charge in [-0.25, -0.2) is 0 Å².